The fourth-order valence-corrected chi connectivity index (χ4v) is 2.49. The minimum Gasteiger partial charge on any atom is -0.0843 e. The van der Waals surface area contributed by atoms with Crippen molar-refractivity contribution in [3.63, 3.8) is 0 Å². The minimum absolute atomic E-state index is 0.244. The van der Waals surface area contributed by atoms with Gasteiger partial charge < -0.3 is 0 Å². The molecule has 0 amide bonds. The average Bonchev–Trinajstić information content (AvgIpc) is 2.40. The van der Waals surface area contributed by atoms with Crippen LogP contribution in [0, 0.1) is 0 Å². The molecule has 98 valence electrons. The van der Waals surface area contributed by atoms with E-state index in [1.165, 1.54) is 5.56 Å². The van der Waals surface area contributed by atoms with Gasteiger partial charge in [-0.3, -0.25) is 0 Å². The highest BCUT2D eigenvalue weighted by molar-refractivity contribution is 9.10. The van der Waals surface area contributed by atoms with E-state index in [1.54, 1.807) is 0 Å². The van der Waals surface area contributed by atoms with E-state index >= 15 is 0 Å². The molecule has 1 unspecified atom stereocenters. The SMILES string of the molecule is CC(C=C(Cl)c1ccc(Br)cc1)c1ccc(Cl)cc1. The zero-order valence-corrected chi connectivity index (χ0v) is 13.5. The van der Waals surface area contributed by atoms with Gasteiger partial charge in [0.25, 0.3) is 0 Å². The number of benzene rings is 2. The highest BCUT2D eigenvalue weighted by Crippen LogP contribution is 2.27. The van der Waals surface area contributed by atoms with Crippen molar-refractivity contribution < 1.29 is 0 Å². The summed E-state index contributed by atoms with van der Waals surface area (Å²) in [5.74, 6) is 0.244. The van der Waals surface area contributed by atoms with Crippen molar-refractivity contribution in [2.24, 2.45) is 0 Å². The first-order valence-electron chi connectivity index (χ1n) is 5.95. The van der Waals surface area contributed by atoms with Crippen LogP contribution in [-0.2, 0) is 0 Å². The van der Waals surface area contributed by atoms with Crippen LogP contribution in [0.1, 0.15) is 24.0 Å². The molecule has 0 saturated heterocycles. The number of allylic oxidation sites excluding steroid dienone is 1. The Hall–Kier alpha value is -0.760. The Labute approximate surface area is 132 Å². The second-order valence-corrected chi connectivity index (χ2v) is 6.12. The topological polar surface area (TPSA) is 0 Å². The van der Waals surface area contributed by atoms with Gasteiger partial charge in [-0.1, -0.05) is 76.4 Å². The number of hydrogen-bond donors (Lipinski definition) is 0. The van der Waals surface area contributed by atoms with E-state index in [2.05, 4.69) is 22.9 Å². The van der Waals surface area contributed by atoms with Gasteiger partial charge >= 0.3 is 0 Å². The molecule has 0 N–H and O–H groups in total. The second kappa shape index (κ2) is 6.60. The van der Waals surface area contributed by atoms with Crippen LogP contribution < -0.4 is 0 Å². The maximum absolute atomic E-state index is 6.35. The normalized spacial score (nSPS) is 13.4. The number of halogens is 3. The molecule has 0 heterocycles. The van der Waals surface area contributed by atoms with E-state index in [1.807, 2.05) is 54.6 Å². The van der Waals surface area contributed by atoms with E-state index in [4.69, 9.17) is 23.2 Å². The van der Waals surface area contributed by atoms with Gasteiger partial charge in [0.05, 0.1) is 0 Å². The summed E-state index contributed by atoms with van der Waals surface area (Å²) < 4.78 is 1.05. The van der Waals surface area contributed by atoms with Crippen molar-refractivity contribution in [3.05, 3.63) is 75.2 Å². The van der Waals surface area contributed by atoms with Crippen molar-refractivity contribution in [1.29, 1.82) is 0 Å². The first-order chi connectivity index (χ1) is 9.06. The molecule has 1 atom stereocenters. The summed E-state index contributed by atoms with van der Waals surface area (Å²) in [5.41, 5.74) is 2.21. The van der Waals surface area contributed by atoms with Crippen molar-refractivity contribution in [1.82, 2.24) is 0 Å². The largest absolute Gasteiger partial charge is 0.0843 e. The molecule has 2 aromatic rings. The van der Waals surface area contributed by atoms with E-state index in [9.17, 15) is 0 Å². The molecule has 0 spiro atoms. The van der Waals surface area contributed by atoms with Gasteiger partial charge in [0.15, 0.2) is 0 Å². The molecule has 0 aromatic heterocycles. The maximum atomic E-state index is 6.35. The summed E-state index contributed by atoms with van der Waals surface area (Å²) in [6.45, 7) is 2.12. The van der Waals surface area contributed by atoms with Crippen LogP contribution >= 0.6 is 39.1 Å². The fraction of sp³-hybridized carbons (Fsp3) is 0.125. The summed E-state index contributed by atoms with van der Waals surface area (Å²) in [4.78, 5) is 0. The Kier molecular flexibility index (Phi) is 5.09. The summed E-state index contributed by atoms with van der Waals surface area (Å²) in [5, 5.41) is 1.51. The van der Waals surface area contributed by atoms with Crippen molar-refractivity contribution in [2.75, 3.05) is 0 Å². The van der Waals surface area contributed by atoms with Crippen LogP contribution in [0.2, 0.25) is 5.02 Å². The lowest BCUT2D eigenvalue weighted by molar-refractivity contribution is 0.972. The van der Waals surface area contributed by atoms with Crippen LogP contribution in [-0.4, -0.2) is 0 Å². The average molecular weight is 356 g/mol. The van der Waals surface area contributed by atoms with Crippen LogP contribution in [0.5, 0.6) is 0 Å². The lowest BCUT2D eigenvalue weighted by Crippen LogP contribution is -1.89. The van der Waals surface area contributed by atoms with E-state index < -0.39 is 0 Å². The van der Waals surface area contributed by atoms with E-state index in [0.717, 1.165) is 20.1 Å². The Morgan fingerprint density at radius 1 is 1.05 bits per heavy atom. The molecule has 0 fully saturated rings. The number of rotatable bonds is 3. The Balaban J connectivity index is 2.20. The summed E-state index contributed by atoms with van der Waals surface area (Å²) in [7, 11) is 0. The lowest BCUT2D eigenvalue weighted by atomic mass is 10.00. The van der Waals surface area contributed by atoms with Crippen LogP contribution in [0.15, 0.2) is 59.1 Å². The summed E-state index contributed by atoms with van der Waals surface area (Å²) in [6, 6.07) is 15.8. The minimum atomic E-state index is 0.244. The highest BCUT2D eigenvalue weighted by Gasteiger charge is 2.05. The first-order valence-corrected chi connectivity index (χ1v) is 7.50. The second-order valence-electron chi connectivity index (χ2n) is 4.36. The molecule has 0 bridgehead atoms. The monoisotopic (exact) mass is 354 g/mol. The molecule has 3 heteroatoms. The molecule has 0 radical (unpaired) electrons. The third-order valence-electron chi connectivity index (χ3n) is 2.91. The molecular formula is C16H13BrCl2. The highest BCUT2D eigenvalue weighted by atomic mass is 79.9. The molecular weight excluding hydrogens is 343 g/mol. The van der Waals surface area contributed by atoms with Gasteiger partial charge in [-0.25, -0.2) is 0 Å². The van der Waals surface area contributed by atoms with Crippen LogP contribution in [0.4, 0.5) is 0 Å². The molecule has 0 aliphatic rings. The third kappa shape index (κ3) is 4.10. The molecule has 2 aromatic carbocycles. The molecule has 0 aliphatic carbocycles. The van der Waals surface area contributed by atoms with Gasteiger partial charge in [0, 0.05) is 20.4 Å². The van der Waals surface area contributed by atoms with E-state index in [0.29, 0.717) is 0 Å². The molecule has 0 aliphatic heterocycles. The predicted octanol–water partition coefficient (Wildman–Crippen LogP) is 6.49. The van der Waals surface area contributed by atoms with Crippen molar-refractivity contribution in [3.8, 4) is 0 Å². The summed E-state index contributed by atoms with van der Waals surface area (Å²) >= 11 is 15.7. The lowest BCUT2D eigenvalue weighted by Gasteiger charge is -2.08. The van der Waals surface area contributed by atoms with Gasteiger partial charge in [-0.2, -0.15) is 0 Å². The summed E-state index contributed by atoms with van der Waals surface area (Å²) in [6.07, 6.45) is 2.05. The standard InChI is InChI=1S/C16H13BrCl2/c1-11(12-4-8-15(18)9-5-12)10-16(19)13-2-6-14(17)7-3-13/h2-11H,1H3. The Morgan fingerprint density at radius 3 is 2.21 bits per heavy atom. The predicted molar refractivity (Wildman–Crippen MR) is 87.8 cm³/mol. The van der Waals surface area contributed by atoms with Crippen molar-refractivity contribution >= 4 is 44.2 Å². The Bertz CT molecular complexity index is 571. The quantitative estimate of drug-likeness (QED) is 0.590. The number of hydrogen-bond acceptors (Lipinski definition) is 0. The van der Waals surface area contributed by atoms with Crippen LogP contribution in [0.3, 0.4) is 0 Å². The van der Waals surface area contributed by atoms with Gasteiger partial charge in [0.2, 0.25) is 0 Å². The molecule has 0 nitrogen and oxygen atoms in total. The smallest absolute Gasteiger partial charge is 0.0444 e. The molecule has 19 heavy (non-hydrogen) atoms. The van der Waals surface area contributed by atoms with Crippen molar-refractivity contribution in [2.45, 2.75) is 12.8 Å². The van der Waals surface area contributed by atoms with Gasteiger partial charge in [-0.15, -0.1) is 0 Å². The fourth-order valence-electron chi connectivity index (χ4n) is 1.79. The zero-order valence-electron chi connectivity index (χ0n) is 10.4. The van der Waals surface area contributed by atoms with Gasteiger partial charge in [-0.05, 0) is 35.4 Å². The van der Waals surface area contributed by atoms with E-state index in [-0.39, 0.29) is 5.92 Å². The molecule has 0 saturated carbocycles. The van der Waals surface area contributed by atoms with Crippen LogP contribution in [0.25, 0.3) is 5.03 Å². The molecule has 2 rings (SSSR count). The third-order valence-corrected chi connectivity index (χ3v) is 4.04. The zero-order chi connectivity index (χ0) is 13.8. The first kappa shape index (κ1) is 14.6. The van der Waals surface area contributed by atoms with Gasteiger partial charge in [0.1, 0.15) is 0 Å². The Morgan fingerprint density at radius 2 is 1.63 bits per heavy atom. The maximum Gasteiger partial charge on any atom is 0.0444 e.